The zero-order valence-electron chi connectivity index (χ0n) is 4.38. The Balaban J connectivity index is 0. The van der Waals surface area contributed by atoms with Crippen LogP contribution in [0.2, 0.25) is 0 Å². The molecule has 0 aromatic rings. The third-order valence-corrected chi connectivity index (χ3v) is 0.742. The van der Waals surface area contributed by atoms with Crippen LogP contribution in [0.5, 0.6) is 0 Å². The zero-order valence-corrected chi connectivity index (χ0v) is 6.26. The van der Waals surface area contributed by atoms with Gasteiger partial charge in [0.05, 0.1) is 0 Å². The first-order chi connectivity index (χ1) is 3.42. The van der Waals surface area contributed by atoms with Crippen molar-refractivity contribution in [2.45, 2.75) is 6.92 Å². The average molecular weight is 199 g/mol. The minimum atomic E-state index is -4.57. The van der Waals surface area contributed by atoms with Gasteiger partial charge in [0.2, 0.25) is 0 Å². The number of hydrogen-bond acceptors (Lipinski definition) is 3. The van der Waals surface area contributed by atoms with Gasteiger partial charge in [-0.25, -0.2) is 4.57 Å². The van der Waals surface area contributed by atoms with Crippen LogP contribution in [0.15, 0.2) is 0 Å². The summed E-state index contributed by atoms with van der Waals surface area (Å²) in [7, 11) is -4.57. The number of phosphoric ester groups is 1. The van der Waals surface area contributed by atoms with E-state index in [0.29, 0.717) is 0 Å². The van der Waals surface area contributed by atoms with Crippen molar-refractivity contribution in [3.8, 4) is 0 Å². The molecular weight excluding hydrogens is 194 g/mol. The molecule has 0 bridgehead atoms. The second kappa shape index (κ2) is 4.01. The van der Waals surface area contributed by atoms with Crippen molar-refractivity contribution in [3.63, 3.8) is 0 Å². The van der Waals surface area contributed by atoms with Crippen LogP contribution in [0, 0.1) is 0 Å². The summed E-state index contributed by atoms with van der Waals surface area (Å²) in [5, 5.41) is 0. The molecule has 0 spiro atoms. The monoisotopic (exact) mass is 198 g/mol. The first-order valence-corrected chi connectivity index (χ1v) is 3.20. The SMILES string of the molecule is CC(=O)OP(=O)(O)O.[Ni]. The molecule has 0 aromatic carbocycles. The van der Waals surface area contributed by atoms with Gasteiger partial charge in [-0.15, -0.1) is 0 Å². The average Bonchev–Trinajstić information content (AvgIpc) is 1.21. The van der Waals surface area contributed by atoms with Crippen LogP contribution in [0.1, 0.15) is 6.92 Å². The van der Waals surface area contributed by atoms with Crippen molar-refractivity contribution in [1.82, 2.24) is 0 Å². The summed E-state index contributed by atoms with van der Waals surface area (Å²) in [4.78, 5) is 25.5. The Bertz CT molecular complexity index is 138. The quantitative estimate of drug-likeness (QED) is 0.444. The molecule has 2 N–H and O–H groups in total. The Morgan fingerprint density at radius 3 is 1.89 bits per heavy atom. The van der Waals surface area contributed by atoms with Crippen LogP contribution in [0.3, 0.4) is 0 Å². The van der Waals surface area contributed by atoms with Crippen molar-refractivity contribution in [2.24, 2.45) is 0 Å². The molecule has 0 saturated heterocycles. The van der Waals surface area contributed by atoms with Crippen LogP contribution in [0.4, 0.5) is 0 Å². The summed E-state index contributed by atoms with van der Waals surface area (Å²) in [5.74, 6) is -0.988. The topological polar surface area (TPSA) is 83.8 Å². The zero-order chi connectivity index (χ0) is 6.78. The maximum Gasteiger partial charge on any atom is 0.526 e. The van der Waals surface area contributed by atoms with Gasteiger partial charge in [0.1, 0.15) is 0 Å². The molecule has 0 aromatic heterocycles. The third kappa shape index (κ3) is 11.6. The molecule has 0 unspecified atom stereocenters. The molecule has 0 aliphatic heterocycles. The Morgan fingerprint density at radius 1 is 1.56 bits per heavy atom. The molecule has 0 fully saturated rings. The van der Waals surface area contributed by atoms with Gasteiger partial charge in [-0.1, -0.05) is 0 Å². The van der Waals surface area contributed by atoms with E-state index in [9.17, 15) is 9.36 Å². The van der Waals surface area contributed by atoms with Crippen LogP contribution >= 0.6 is 7.82 Å². The smallest absolute Gasteiger partial charge is 0.371 e. The van der Waals surface area contributed by atoms with E-state index in [-0.39, 0.29) is 16.5 Å². The van der Waals surface area contributed by atoms with Gasteiger partial charge in [0.15, 0.2) is 0 Å². The molecule has 0 aliphatic carbocycles. The van der Waals surface area contributed by atoms with Crippen LogP contribution in [0.25, 0.3) is 0 Å². The molecule has 0 amide bonds. The Kier molecular flexibility index (Phi) is 5.29. The normalized spacial score (nSPS) is 9.67. The van der Waals surface area contributed by atoms with E-state index in [4.69, 9.17) is 9.79 Å². The van der Waals surface area contributed by atoms with Gasteiger partial charge in [0.25, 0.3) is 0 Å². The molecule has 5 nitrogen and oxygen atoms in total. The Morgan fingerprint density at radius 2 is 1.89 bits per heavy atom. The fourth-order valence-electron chi connectivity index (χ4n) is 0.167. The van der Waals surface area contributed by atoms with Crippen LogP contribution < -0.4 is 0 Å². The van der Waals surface area contributed by atoms with Crippen LogP contribution in [-0.2, 0) is 30.4 Å². The minimum Gasteiger partial charge on any atom is -0.371 e. The number of phosphoric acid groups is 1. The fourth-order valence-corrected chi connectivity index (χ4v) is 0.502. The largest absolute Gasteiger partial charge is 0.526 e. The second-order valence-electron chi connectivity index (χ2n) is 1.07. The molecule has 0 saturated carbocycles. The predicted octanol–water partition coefficient (Wildman–Crippen LogP) is -0.360. The molecule has 0 atom stereocenters. The summed E-state index contributed by atoms with van der Waals surface area (Å²) in [6, 6.07) is 0. The van der Waals surface area contributed by atoms with Crippen molar-refractivity contribution in [1.29, 1.82) is 0 Å². The molecule has 0 radical (unpaired) electrons. The first-order valence-electron chi connectivity index (χ1n) is 1.67. The van der Waals surface area contributed by atoms with Crippen molar-refractivity contribution >= 4 is 13.8 Å². The maximum atomic E-state index is 9.74. The van der Waals surface area contributed by atoms with Crippen molar-refractivity contribution in [2.75, 3.05) is 0 Å². The van der Waals surface area contributed by atoms with Gasteiger partial charge in [-0.05, 0) is 0 Å². The van der Waals surface area contributed by atoms with Gasteiger partial charge in [0, 0.05) is 23.4 Å². The number of rotatable bonds is 1. The van der Waals surface area contributed by atoms with Gasteiger partial charge < -0.3 is 4.52 Å². The van der Waals surface area contributed by atoms with E-state index in [2.05, 4.69) is 4.52 Å². The van der Waals surface area contributed by atoms with Gasteiger partial charge in [-0.3, -0.25) is 14.6 Å². The molecule has 7 heteroatoms. The molecule has 58 valence electrons. The Labute approximate surface area is 61.6 Å². The molecule has 0 aliphatic rings. The standard InChI is InChI=1S/C2H5O5P.Ni/c1-2(3)7-8(4,5)6;/h1H3,(H2,4,5,6);. The van der Waals surface area contributed by atoms with Crippen molar-refractivity contribution in [3.05, 3.63) is 0 Å². The van der Waals surface area contributed by atoms with Gasteiger partial charge in [-0.2, -0.15) is 0 Å². The van der Waals surface area contributed by atoms with E-state index in [1.165, 1.54) is 0 Å². The second-order valence-corrected chi connectivity index (χ2v) is 2.24. The Hall–Kier alpha value is 0.114. The minimum absolute atomic E-state index is 0. The first kappa shape index (κ1) is 11.9. The molecular formula is C2H5NiO5P. The van der Waals surface area contributed by atoms with Gasteiger partial charge >= 0.3 is 13.8 Å². The van der Waals surface area contributed by atoms with Crippen molar-refractivity contribution < 1.29 is 40.2 Å². The van der Waals surface area contributed by atoms with E-state index in [1.807, 2.05) is 0 Å². The molecule has 0 rings (SSSR count). The number of carbonyl (C=O) groups is 1. The third-order valence-electron chi connectivity index (χ3n) is 0.247. The van der Waals surface area contributed by atoms with Crippen LogP contribution in [-0.4, -0.2) is 15.8 Å². The fraction of sp³-hybridized carbons (Fsp3) is 0.500. The predicted molar refractivity (Wildman–Crippen MR) is 23.8 cm³/mol. The summed E-state index contributed by atoms with van der Waals surface area (Å²) in [5.41, 5.74) is 0. The molecule has 0 heterocycles. The summed E-state index contributed by atoms with van der Waals surface area (Å²) in [6.45, 7) is 0.916. The maximum absolute atomic E-state index is 9.74. The summed E-state index contributed by atoms with van der Waals surface area (Å²) in [6.07, 6.45) is 0. The number of carbonyl (C=O) groups excluding carboxylic acids is 1. The van der Waals surface area contributed by atoms with E-state index in [0.717, 1.165) is 6.92 Å². The van der Waals surface area contributed by atoms with E-state index in [1.54, 1.807) is 0 Å². The molecule has 9 heavy (non-hydrogen) atoms. The van der Waals surface area contributed by atoms with E-state index >= 15 is 0 Å². The summed E-state index contributed by atoms with van der Waals surface area (Å²) < 4.78 is 13.2. The summed E-state index contributed by atoms with van der Waals surface area (Å²) >= 11 is 0. The van der Waals surface area contributed by atoms with E-state index < -0.39 is 13.8 Å². The number of hydrogen-bond donors (Lipinski definition) is 2.